The van der Waals surface area contributed by atoms with Crippen molar-refractivity contribution < 1.29 is 17.6 Å². The number of hydrogen-bond donors (Lipinski definition) is 1. The van der Waals surface area contributed by atoms with Crippen molar-refractivity contribution in [2.45, 2.75) is 18.2 Å². The average molecular weight is 450 g/mol. The average Bonchev–Trinajstić information content (AvgIpc) is 3.10. The molecule has 0 bridgehead atoms. The van der Waals surface area contributed by atoms with Gasteiger partial charge in [-0.1, -0.05) is 46.2 Å². The Morgan fingerprint density at radius 1 is 1.15 bits per heavy atom. The molecule has 0 spiro atoms. The minimum Gasteiger partial charge on any atom is -0.403 e. The number of anilines is 1. The van der Waals surface area contributed by atoms with Gasteiger partial charge in [0.2, 0.25) is 11.8 Å². The van der Waals surface area contributed by atoms with E-state index < -0.39 is 9.84 Å². The van der Waals surface area contributed by atoms with Crippen LogP contribution < -0.4 is 5.32 Å². The summed E-state index contributed by atoms with van der Waals surface area (Å²) in [6, 6.07) is 13.6. The predicted molar refractivity (Wildman–Crippen MR) is 104 cm³/mol. The van der Waals surface area contributed by atoms with E-state index in [1.54, 1.807) is 19.1 Å². The Balaban J connectivity index is 1.65. The molecule has 1 heterocycles. The number of benzene rings is 2. The number of amides is 1. The van der Waals surface area contributed by atoms with Crippen LogP contribution >= 0.6 is 15.9 Å². The van der Waals surface area contributed by atoms with Gasteiger partial charge in [-0.25, -0.2) is 8.42 Å². The van der Waals surface area contributed by atoms with E-state index in [9.17, 15) is 13.2 Å². The van der Waals surface area contributed by atoms with Crippen molar-refractivity contribution in [1.82, 2.24) is 10.2 Å². The van der Waals surface area contributed by atoms with E-state index >= 15 is 0 Å². The Kier molecular flexibility index (Phi) is 5.71. The minimum absolute atomic E-state index is 0.000145. The number of aromatic nitrogens is 2. The summed E-state index contributed by atoms with van der Waals surface area (Å²) >= 11 is 3.37. The van der Waals surface area contributed by atoms with Crippen LogP contribution in [0.1, 0.15) is 12.5 Å². The molecule has 0 fully saturated rings. The maximum absolute atomic E-state index is 12.2. The second-order valence-corrected chi connectivity index (χ2v) is 8.89. The zero-order valence-electron chi connectivity index (χ0n) is 14.3. The molecule has 0 saturated carbocycles. The number of halogens is 1. The summed E-state index contributed by atoms with van der Waals surface area (Å²) in [4.78, 5) is 12.4. The number of nitrogens with one attached hydrogen (secondary N) is 1. The Hall–Kier alpha value is -2.52. The second-order valence-electron chi connectivity index (χ2n) is 5.70. The second kappa shape index (κ2) is 8.01. The SMILES string of the molecule is CCS(=O)(=O)c1ccc(CC(=O)Nc2nnc(-c3cccc(Br)c3)o2)cc1. The molecule has 0 unspecified atom stereocenters. The third-order valence-electron chi connectivity index (χ3n) is 3.77. The molecule has 1 aromatic heterocycles. The Morgan fingerprint density at radius 2 is 1.89 bits per heavy atom. The first-order chi connectivity index (χ1) is 12.9. The Morgan fingerprint density at radius 3 is 2.56 bits per heavy atom. The van der Waals surface area contributed by atoms with Gasteiger partial charge in [0.25, 0.3) is 0 Å². The molecule has 1 N–H and O–H groups in total. The van der Waals surface area contributed by atoms with Crippen LogP contribution in [0.5, 0.6) is 0 Å². The summed E-state index contributed by atoms with van der Waals surface area (Å²) in [6.45, 7) is 1.59. The largest absolute Gasteiger partial charge is 0.403 e. The van der Waals surface area contributed by atoms with Crippen molar-refractivity contribution in [3.8, 4) is 11.5 Å². The third kappa shape index (κ3) is 4.81. The van der Waals surface area contributed by atoms with Gasteiger partial charge in [-0.05, 0) is 35.9 Å². The first kappa shape index (κ1) is 19.2. The highest BCUT2D eigenvalue weighted by atomic mass is 79.9. The van der Waals surface area contributed by atoms with Crippen LogP contribution in [-0.4, -0.2) is 30.3 Å². The molecule has 0 atom stereocenters. The first-order valence-electron chi connectivity index (χ1n) is 8.08. The summed E-state index contributed by atoms with van der Waals surface area (Å²) in [6.07, 6.45) is 0.0566. The number of carbonyl (C=O) groups excluding carboxylic acids is 1. The molecular formula is C18H16BrN3O4S. The monoisotopic (exact) mass is 449 g/mol. The summed E-state index contributed by atoms with van der Waals surface area (Å²) in [5.74, 6) is -0.0177. The topological polar surface area (TPSA) is 102 Å². The fraction of sp³-hybridized carbons (Fsp3) is 0.167. The highest BCUT2D eigenvalue weighted by molar-refractivity contribution is 9.10. The molecule has 3 rings (SSSR count). The maximum atomic E-state index is 12.2. The molecule has 0 radical (unpaired) electrons. The van der Waals surface area contributed by atoms with Gasteiger partial charge >= 0.3 is 6.01 Å². The van der Waals surface area contributed by atoms with Gasteiger partial charge in [0.05, 0.1) is 17.1 Å². The molecule has 0 aliphatic carbocycles. The fourth-order valence-corrected chi connectivity index (χ4v) is 3.63. The van der Waals surface area contributed by atoms with Crippen LogP contribution in [0.15, 0.2) is 62.3 Å². The number of rotatable bonds is 6. The van der Waals surface area contributed by atoms with Crippen molar-refractivity contribution >= 4 is 37.7 Å². The molecule has 3 aromatic rings. The summed E-state index contributed by atoms with van der Waals surface area (Å²) < 4.78 is 29.9. The molecule has 1 amide bonds. The molecular weight excluding hydrogens is 434 g/mol. The van der Waals surface area contributed by atoms with Crippen molar-refractivity contribution in [2.75, 3.05) is 11.1 Å². The van der Waals surface area contributed by atoms with Crippen molar-refractivity contribution in [1.29, 1.82) is 0 Å². The van der Waals surface area contributed by atoms with E-state index in [-0.39, 0.29) is 29.0 Å². The summed E-state index contributed by atoms with van der Waals surface area (Å²) in [5.41, 5.74) is 1.40. The number of nitrogens with zero attached hydrogens (tertiary/aromatic N) is 2. The minimum atomic E-state index is -3.26. The Bertz CT molecular complexity index is 1060. The van der Waals surface area contributed by atoms with Crippen molar-refractivity contribution in [3.63, 3.8) is 0 Å². The van der Waals surface area contributed by atoms with Crippen LogP contribution in [-0.2, 0) is 21.1 Å². The van der Waals surface area contributed by atoms with Crippen LogP contribution in [0.4, 0.5) is 6.01 Å². The van der Waals surface area contributed by atoms with Gasteiger partial charge in [0.15, 0.2) is 9.84 Å². The van der Waals surface area contributed by atoms with Crippen molar-refractivity contribution in [2.24, 2.45) is 0 Å². The molecule has 27 heavy (non-hydrogen) atoms. The van der Waals surface area contributed by atoms with Crippen LogP contribution in [0.25, 0.3) is 11.5 Å². The lowest BCUT2D eigenvalue weighted by atomic mass is 10.1. The van der Waals surface area contributed by atoms with Gasteiger partial charge in [-0.3, -0.25) is 10.1 Å². The molecule has 0 aliphatic rings. The van der Waals surface area contributed by atoms with E-state index in [2.05, 4.69) is 31.4 Å². The van der Waals surface area contributed by atoms with Crippen LogP contribution in [0, 0.1) is 0 Å². The molecule has 0 aliphatic heterocycles. The third-order valence-corrected chi connectivity index (χ3v) is 6.01. The predicted octanol–water partition coefficient (Wildman–Crippen LogP) is 3.47. The smallest absolute Gasteiger partial charge is 0.322 e. The van der Waals surface area contributed by atoms with E-state index in [0.29, 0.717) is 11.5 Å². The molecule has 9 heteroatoms. The quantitative estimate of drug-likeness (QED) is 0.617. The normalized spacial score (nSPS) is 11.3. The fourth-order valence-electron chi connectivity index (χ4n) is 2.34. The lowest BCUT2D eigenvalue weighted by molar-refractivity contribution is -0.115. The summed E-state index contributed by atoms with van der Waals surface area (Å²) in [5, 5.41) is 10.3. The molecule has 7 nitrogen and oxygen atoms in total. The van der Waals surface area contributed by atoms with Gasteiger partial charge in [0, 0.05) is 10.0 Å². The van der Waals surface area contributed by atoms with E-state index in [1.807, 2.05) is 24.3 Å². The van der Waals surface area contributed by atoms with Crippen LogP contribution in [0.2, 0.25) is 0 Å². The van der Waals surface area contributed by atoms with E-state index in [1.165, 1.54) is 12.1 Å². The van der Waals surface area contributed by atoms with Crippen LogP contribution in [0.3, 0.4) is 0 Å². The van der Waals surface area contributed by atoms with Gasteiger partial charge in [0.1, 0.15) is 0 Å². The lowest BCUT2D eigenvalue weighted by Crippen LogP contribution is -2.14. The zero-order valence-corrected chi connectivity index (χ0v) is 16.7. The van der Waals surface area contributed by atoms with Gasteiger partial charge in [-0.15, -0.1) is 5.10 Å². The lowest BCUT2D eigenvalue weighted by Gasteiger charge is -2.04. The standard InChI is InChI=1S/C18H16BrN3O4S/c1-2-27(24,25)15-8-6-12(7-9-15)10-16(23)20-18-22-21-17(26-18)13-4-3-5-14(19)11-13/h3-9,11H,2,10H2,1H3,(H,20,22,23). The first-order valence-corrected chi connectivity index (χ1v) is 10.5. The molecule has 0 saturated heterocycles. The zero-order chi connectivity index (χ0) is 19.4. The van der Waals surface area contributed by atoms with Gasteiger partial charge in [-0.2, -0.15) is 0 Å². The van der Waals surface area contributed by atoms with E-state index in [0.717, 1.165) is 10.0 Å². The molecule has 140 valence electrons. The highest BCUT2D eigenvalue weighted by Crippen LogP contribution is 2.23. The van der Waals surface area contributed by atoms with Gasteiger partial charge < -0.3 is 4.42 Å². The summed E-state index contributed by atoms with van der Waals surface area (Å²) in [7, 11) is -3.26. The Labute approximate surface area is 164 Å². The number of hydrogen-bond acceptors (Lipinski definition) is 6. The molecule has 2 aromatic carbocycles. The maximum Gasteiger partial charge on any atom is 0.322 e. The van der Waals surface area contributed by atoms with E-state index in [4.69, 9.17) is 4.42 Å². The highest BCUT2D eigenvalue weighted by Gasteiger charge is 2.14. The number of carbonyl (C=O) groups is 1. The number of sulfone groups is 1. The van der Waals surface area contributed by atoms with Crippen molar-refractivity contribution in [3.05, 3.63) is 58.6 Å².